The molecule has 0 heterocycles. The fourth-order valence-corrected chi connectivity index (χ4v) is 4.30. The van der Waals surface area contributed by atoms with E-state index >= 15 is 0 Å². The van der Waals surface area contributed by atoms with E-state index in [0.717, 1.165) is 38.5 Å². The van der Waals surface area contributed by atoms with Gasteiger partial charge >= 0.3 is 37.7 Å². The molecule has 6 heteroatoms. The molecule has 0 spiro atoms. The molecule has 0 bridgehead atoms. The number of unbranched alkanes of at least 4 members (excludes halogenated alkanes) is 4. The van der Waals surface area contributed by atoms with Crippen LogP contribution in [0, 0.1) is 0 Å². The largest absolute Gasteiger partial charge is 1.00 e. The first-order chi connectivity index (χ1) is 14.7. The molecule has 0 radical (unpaired) electrons. The van der Waals surface area contributed by atoms with Crippen molar-refractivity contribution in [3.05, 3.63) is 108 Å². The number of hydrogen-bond acceptors (Lipinski definition) is 3. The van der Waals surface area contributed by atoms with Gasteiger partial charge in [-0.05, 0) is 29.5 Å². The molecule has 0 fully saturated rings. The van der Waals surface area contributed by atoms with Crippen molar-refractivity contribution in [1.29, 1.82) is 0 Å². The average molecular weight is 414 g/mol. The summed E-state index contributed by atoms with van der Waals surface area (Å²) in [4.78, 5) is 0. The van der Waals surface area contributed by atoms with Crippen LogP contribution in [0.4, 0.5) is 0 Å². The third-order valence-corrected chi connectivity index (χ3v) is 5.75. The fraction of sp³-hybridized carbons (Fsp3) is 0.308. The van der Waals surface area contributed by atoms with E-state index in [2.05, 4.69) is 95.6 Å². The van der Waals surface area contributed by atoms with Crippen molar-refractivity contribution in [3.63, 3.8) is 0 Å². The van der Waals surface area contributed by atoms with Gasteiger partial charge in [-0.2, -0.15) is 0 Å². The predicted molar refractivity (Wildman–Crippen MR) is 119 cm³/mol. The Morgan fingerprint density at radius 3 is 1.34 bits per heavy atom. The minimum absolute atomic E-state index is 0. The van der Waals surface area contributed by atoms with Crippen molar-refractivity contribution < 1.29 is 52.4 Å². The molecule has 0 saturated heterocycles. The molecule has 156 valence electrons. The fourth-order valence-electron chi connectivity index (χ4n) is 4.30. The molecule has 0 aliphatic carbocycles. The minimum atomic E-state index is -2.16. The van der Waals surface area contributed by atoms with Crippen LogP contribution in [0.25, 0.3) is 0 Å². The second kappa shape index (κ2) is 15.6. The summed E-state index contributed by atoms with van der Waals surface area (Å²) in [5.74, 6) is 0. The maximum absolute atomic E-state index is 10.4. The van der Waals surface area contributed by atoms with Gasteiger partial charge in [0, 0.05) is 12.0 Å². The summed E-state index contributed by atoms with van der Waals surface area (Å²) in [7, 11) is -2.16. The molecule has 0 amide bonds. The van der Waals surface area contributed by atoms with E-state index < -0.39 is 7.32 Å². The van der Waals surface area contributed by atoms with Crippen molar-refractivity contribution in [2.24, 2.45) is 0 Å². The zero-order chi connectivity index (χ0) is 21.1. The Bertz CT molecular complexity index is 752. The van der Waals surface area contributed by atoms with Crippen LogP contribution in [0.5, 0.6) is 0 Å². The third-order valence-electron chi connectivity index (χ3n) is 5.75. The van der Waals surface area contributed by atoms with Gasteiger partial charge in [-0.3, -0.25) is 0 Å². The van der Waals surface area contributed by atoms with Crippen molar-refractivity contribution in [3.8, 4) is 0 Å². The van der Waals surface area contributed by atoms with E-state index in [9.17, 15) is 10.0 Å². The molecule has 0 atom stereocenters. The molecule has 3 rings (SSSR count). The summed E-state index contributed by atoms with van der Waals surface area (Å²) in [5, 5.41) is 20.8. The first-order valence-electron chi connectivity index (χ1n) is 10.8. The van der Waals surface area contributed by atoms with E-state index in [1.54, 1.807) is 0 Å². The maximum Gasteiger partial charge on any atom is 1.00 e. The van der Waals surface area contributed by atoms with Crippen LogP contribution in [0.2, 0.25) is 0 Å². The molecule has 0 aromatic heterocycles. The van der Waals surface area contributed by atoms with Crippen molar-refractivity contribution in [2.75, 3.05) is 6.61 Å². The zero-order valence-corrected chi connectivity index (χ0v) is 19.4. The molecule has 0 aliphatic heterocycles. The average Bonchev–Trinajstić information content (AvgIpc) is 2.80. The Kier molecular flexibility index (Phi) is 14.1. The summed E-state index contributed by atoms with van der Waals surface area (Å²) in [6, 6.07) is 32.3. The van der Waals surface area contributed by atoms with Crippen LogP contribution in [-0.2, 0) is 10.1 Å². The topological polar surface area (TPSA) is 55.3 Å². The SMILES string of the molecule is [Li+].[Li+].[O-]B([O-])OCCCCCCCC(c1ccccc1)(c1ccccc1)c1ccccc1. The molecule has 3 nitrogen and oxygen atoms in total. The van der Waals surface area contributed by atoms with Gasteiger partial charge in [0.05, 0.1) is 7.32 Å². The molecule has 3 aromatic carbocycles. The van der Waals surface area contributed by atoms with Gasteiger partial charge in [0.15, 0.2) is 0 Å². The Labute approximate surface area is 217 Å². The van der Waals surface area contributed by atoms with Crippen molar-refractivity contribution in [1.82, 2.24) is 0 Å². The van der Waals surface area contributed by atoms with Gasteiger partial charge in [0.25, 0.3) is 0 Å². The quantitative estimate of drug-likeness (QED) is 0.198. The van der Waals surface area contributed by atoms with E-state index in [-0.39, 0.29) is 49.7 Å². The van der Waals surface area contributed by atoms with Crippen LogP contribution in [0.15, 0.2) is 91.0 Å². The maximum atomic E-state index is 10.4. The number of benzene rings is 3. The monoisotopic (exact) mass is 414 g/mol. The van der Waals surface area contributed by atoms with Gasteiger partial charge in [-0.1, -0.05) is 117 Å². The first kappa shape index (κ1) is 28.8. The number of hydrogen-bond donors (Lipinski definition) is 0. The van der Waals surface area contributed by atoms with Gasteiger partial charge in [-0.15, -0.1) is 0 Å². The molecule has 0 unspecified atom stereocenters. The standard InChI is InChI=1S/C26H29BO3.2Li/c28-27(29)30-22-14-3-1-2-13-21-26(23-15-7-4-8-16-23,24-17-9-5-10-18-24)25-19-11-6-12-20-25;;/h4-12,15-20H,1-3,13-14,21-22H2;;/q-2;2*+1. The third kappa shape index (κ3) is 7.98. The van der Waals surface area contributed by atoms with Gasteiger partial charge in [0.1, 0.15) is 0 Å². The van der Waals surface area contributed by atoms with E-state index in [1.807, 2.05) is 0 Å². The van der Waals surface area contributed by atoms with E-state index in [1.165, 1.54) is 16.7 Å². The Hall–Kier alpha value is -1.20. The molecule has 0 aliphatic rings. The second-order valence-electron chi connectivity index (χ2n) is 7.68. The molecule has 0 saturated carbocycles. The zero-order valence-electron chi connectivity index (χ0n) is 19.4. The van der Waals surface area contributed by atoms with Crippen LogP contribution in [-0.4, -0.2) is 13.9 Å². The van der Waals surface area contributed by atoms with Gasteiger partial charge in [0.2, 0.25) is 0 Å². The van der Waals surface area contributed by atoms with Crippen LogP contribution in [0.1, 0.15) is 55.2 Å². The molecule has 3 aromatic rings. The predicted octanol–water partition coefficient (Wildman–Crippen LogP) is -1.91. The summed E-state index contributed by atoms with van der Waals surface area (Å²) in [6.07, 6.45) is 6.02. The minimum Gasteiger partial charge on any atom is -0.871 e. The van der Waals surface area contributed by atoms with Crippen molar-refractivity contribution >= 4 is 7.32 Å². The Morgan fingerprint density at radius 1 is 0.562 bits per heavy atom. The smallest absolute Gasteiger partial charge is 0.871 e. The summed E-state index contributed by atoms with van der Waals surface area (Å²) >= 11 is 0. The summed E-state index contributed by atoms with van der Waals surface area (Å²) in [5.41, 5.74) is 3.75. The van der Waals surface area contributed by atoms with E-state index in [4.69, 9.17) is 0 Å². The summed E-state index contributed by atoms with van der Waals surface area (Å²) < 4.78 is 4.57. The van der Waals surface area contributed by atoms with Gasteiger partial charge in [-0.25, -0.2) is 0 Å². The van der Waals surface area contributed by atoms with Crippen molar-refractivity contribution in [2.45, 2.75) is 43.9 Å². The Morgan fingerprint density at radius 2 is 0.938 bits per heavy atom. The first-order valence-corrected chi connectivity index (χ1v) is 10.8. The molecule has 0 N–H and O–H groups in total. The van der Waals surface area contributed by atoms with E-state index in [0.29, 0.717) is 0 Å². The second-order valence-corrected chi connectivity index (χ2v) is 7.68. The Balaban J connectivity index is 0.00000256. The number of rotatable bonds is 12. The van der Waals surface area contributed by atoms with Crippen LogP contribution in [0.3, 0.4) is 0 Å². The normalized spacial score (nSPS) is 10.7. The molecular weight excluding hydrogens is 385 g/mol. The molecule has 32 heavy (non-hydrogen) atoms. The van der Waals surface area contributed by atoms with Gasteiger partial charge < -0.3 is 14.7 Å². The molecular formula is C26H29BLi2O3. The van der Waals surface area contributed by atoms with Crippen LogP contribution >= 0.6 is 0 Å². The summed E-state index contributed by atoms with van der Waals surface area (Å²) in [6.45, 7) is 0.264. The van der Waals surface area contributed by atoms with Crippen LogP contribution < -0.4 is 47.8 Å².